The third-order valence-electron chi connectivity index (χ3n) is 2.80. The van der Waals surface area contributed by atoms with Crippen LogP contribution in [-0.4, -0.2) is 39.3 Å². The zero-order chi connectivity index (χ0) is 13.9. The van der Waals surface area contributed by atoms with Gasteiger partial charge in [-0.1, -0.05) is 30.3 Å². The minimum atomic E-state index is 0. The highest BCUT2D eigenvalue weighted by Gasteiger charge is 2.03. The molecule has 1 atom stereocenters. The van der Waals surface area contributed by atoms with E-state index in [1.165, 1.54) is 5.56 Å². The van der Waals surface area contributed by atoms with Gasteiger partial charge in [0.05, 0.1) is 6.61 Å². The summed E-state index contributed by atoms with van der Waals surface area (Å²) in [6.45, 7) is 3.65. The molecule has 0 fully saturated rings. The molecule has 1 unspecified atom stereocenters. The number of hydrogen-bond donors (Lipinski definition) is 2. The first-order valence-electron chi connectivity index (χ1n) is 6.76. The van der Waals surface area contributed by atoms with Gasteiger partial charge in [-0.05, 0) is 25.3 Å². The smallest absolute Gasteiger partial charge is 0.191 e. The molecule has 0 saturated carbocycles. The lowest BCUT2D eigenvalue weighted by molar-refractivity contribution is 0.179. The van der Waals surface area contributed by atoms with E-state index in [2.05, 4.69) is 46.8 Å². The molecule has 0 amide bonds. The molecule has 114 valence electrons. The molecule has 5 heteroatoms. The van der Waals surface area contributed by atoms with Crippen molar-refractivity contribution in [3.63, 3.8) is 0 Å². The molecule has 1 aromatic carbocycles. The lowest BCUT2D eigenvalue weighted by Crippen LogP contribution is -2.44. The third-order valence-corrected chi connectivity index (χ3v) is 2.80. The van der Waals surface area contributed by atoms with Crippen LogP contribution in [0.4, 0.5) is 0 Å². The highest BCUT2D eigenvalue weighted by molar-refractivity contribution is 14.0. The number of nitrogens with one attached hydrogen (secondary N) is 2. The third kappa shape index (κ3) is 8.37. The van der Waals surface area contributed by atoms with Crippen molar-refractivity contribution in [1.82, 2.24) is 10.6 Å². The van der Waals surface area contributed by atoms with Crippen LogP contribution in [-0.2, 0) is 11.2 Å². The molecule has 0 heterocycles. The van der Waals surface area contributed by atoms with E-state index in [-0.39, 0.29) is 30.0 Å². The van der Waals surface area contributed by atoms with Crippen molar-refractivity contribution in [3.8, 4) is 0 Å². The Labute approximate surface area is 139 Å². The summed E-state index contributed by atoms with van der Waals surface area (Å²) >= 11 is 0. The molecule has 0 saturated heterocycles. The fourth-order valence-corrected chi connectivity index (χ4v) is 1.86. The van der Waals surface area contributed by atoms with Crippen LogP contribution in [0.25, 0.3) is 0 Å². The Hall–Kier alpha value is -0.820. The maximum atomic E-state index is 5.09. The molecule has 0 bridgehead atoms. The van der Waals surface area contributed by atoms with Crippen LogP contribution in [0.2, 0.25) is 0 Å². The zero-order valence-corrected chi connectivity index (χ0v) is 14.9. The number of guanidine groups is 1. The predicted octanol–water partition coefficient (Wildman–Crippen LogP) is 2.44. The Bertz CT molecular complexity index is 371. The van der Waals surface area contributed by atoms with Crippen molar-refractivity contribution in [2.45, 2.75) is 25.8 Å². The number of nitrogens with zero attached hydrogens (tertiary/aromatic N) is 1. The highest BCUT2D eigenvalue weighted by Crippen LogP contribution is 2.01. The van der Waals surface area contributed by atoms with Crippen molar-refractivity contribution < 1.29 is 4.74 Å². The number of aliphatic imine (C=N–C) groups is 1. The van der Waals surface area contributed by atoms with Crippen LogP contribution in [0.15, 0.2) is 35.3 Å². The standard InChI is InChI=1S/C15H25N3O.HI/c1-13(12-19-3)18-15(16-2)17-11-7-10-14-8-5-4-6-9-14;/h4-6,8-9,13H,7,10-12H2,1-3H3,(H2,16,17,18);1H. The fraction of sp³-hybridized carbons (Fsp3) is 0.533. The van der Waals surface area contributed by atoms with Crippen LogP contribution >= 0.6 is 24.0 Å². The summed E-state index contributed by atoms with van der Waals surface area (Å²) in [7, 11) is 3.49. The molecule has 0 spiro atoms. The van der Waals surface area contributed by atoms with Crippen LogP contribution in [0.1, 0.15) is 18.9 Å². The SMILES string of the molecule is CN=C(NCCCc1ccccc1)NC(C)COC.I. The lowest BCUT2D eigenvalue weighted by atomic mass is 10.1. The molecule has 0 aliphatic rings. The van der Waals surface area contributed by atoms with Gasteiger partial charge in [0.1, 0.15) is 0 Å². The Morgan fingerprint density at radius 1 is 1.30 bits per heavy atom. The van der Waals surface area contributed by atoms with Crippen molar-refractivity contribution in [3.05, 3.63) is 35.9 Å². The molecule has 0 aromatic heterocycles. The Kier molecular flexibility index (Phi) is 11.5. The molecule has 20 heavy (non-hydrogen) atoms. The van der Waals surface area contributed by atoms with E-state index in [1.807, 2.05) is 6.07 Å². The second kappa shape index (κ2) is 12.0. The molecule has 0 aliphatic carbocycles. The zero-order valence-electron chi connectivity index (χ0n) is 12.6. The van der Waals surface area contributed by atoms with Gasteiger partial charge in [0, 0.05) is 26.7 Å². The average molecular weight is 391 g/mol. The van der Waals surface area contributed by atoms with Gasteiger partial charge in [0.25, 0.3) is 0 Å². The highest BCUT2D eigenvalue weighted by atomic mass is 127. The van der Waals surface area contributed by atoms with E-state index in [1.54, 1.807) is 14.2 Å². The summed E-state index contributed by atoms with van der Waals surface area (Å²) < 4.78 is 5.09. The maximum absolute atomic E-state index is 5.09. The second-order valence-electron chi connectivity index (χ2n) is 4.59. The van der Waals surface area contributed by atoms with Crippen LogP contribution in [0.5, 0.6) is 0 Å². The van der Waals surface area contributed by atoms with Crippen molar-refractivity contribution >= 4 is 29.9 Å². The van der Waals surface area contributed by atoms with Crippen LogP contribution < -0.4 is 10.6 Å². The average Bonchev–Trinajstić information content (AvgIpc) is 2.43. The van der Waals surface area contributed by atoms with Gasteiger partial charge in [-0.3, -0.25) is 4.99 Å². The topological polar surface area (TPSA) is 45.7 Å². The Balaban J connectivity index is 0.00000361. The van der Waals surface area contributed by atoms with E-state index in [0.29, 0.717) is 6.61 Å². The quantitative estimate of drug-likeness (QED) is 0.325. The van der Waals surface area contributed by atoms with Gasteiger partial charge in [-0.25, -0.2) is 0 Å². The summed E-state index contributed by atoms with van der Waals surface area (Å²) in [5.74, 6) is 0.831. The summed E-state index contributed by atoms with van der Waals surface area (Å²) in [5.41, 5.74) is 1.37. The van der Waals surface area contributed by atoms with E-state index in [9.17, 15) is 0 Å². The molecular formula is C15H26IN3O. The first-order valence-corrected chi connectivity index (χ1v) is 6.76. The molecule has 4 nitrogen and oxygen atoms in total. The van der Waals surface area contributed by atoms with E-state index in [0.717, 1.165) is 25.3 Å². The minimum absolute atomic E-state index is 0. The Morgan fingerprint density at radius 2 is 2.00 bits per heavy atom. The van der Waals surface area contributed by atoms with Crippen molar-refractivity contribution in [2.75, 3.05) is 27.3 Å². The van der Waals surface area contributed by atoms with E-state index < -0.39 is 0 Å². The number of aryl methyl sites for hydroxylation is 1. The molecule has 0 aliphatic heterocycles. The molecule has 1 rings (SSSR count). The molecule has 0 radical (unpaired) electrons. The molecule has 1 aromatic rings. The summed E-state index contributed by atoms with van der Waals surface area (Å²) in [6.07, 6.45) is 2.17. The van der Waals surface area contributed by atoms with Crippen LogP contribution in [0.3, 0.4) is 0 Å². The first kappa shape index (κ1) is 19.2. The monoisotopic (exact) mass is 391 g/mol. The molecule has 2 N–H and O–H groups in total. The van der Waals surface area contributed by atoms with Gasteiger partial charge in [-0.15, -0.1) is 24.0 Å². The lowest BCUT2D eigenvalue weighted by Gasteiger charge is -2.17. The van der Waals surface area contributed by atoms with Gasteiger partial charge in [-0.2, -0.15) is 0 Å². The summed E-state index contributed by atoms with van der Waals surface area (Å²) in [4.78, 5) is 4.19. The van der Waals surface area contributed by atoms with E-state index >= 15 is 0 Å². The van der Waals surface area contributed by atoms with Crippen molar-refractivity contribution in [1.29, 1.82) is 0 Å². The summed E-state index contributed by atoms with van der Waals surface area (Å²) in [6, 6.07) is 10.8. The summed E-state index contributed by atoms with van der Waals surface area (Å²) in [5, 5.41) is 6.59. The van der Waals surface area contributed by atoms with E-state index in [4.69, 9.17) is 4.74 Å². The normalized spacial score (nSPS) is 12.4. The van der Waals surface area contributed by atoms with Gasteiger partial charge < -0.3 is 15.4 Å². The number of hydrogen-bond acceptors (Lipinski definition) is 2. The van der Waals surface area contributed by atoms with Crippen LogP contribution in [0, 0.1) is 0 Å². The predicted molar refractivity (Wildman–Crippen MR) is 96.0 cm³/mol. The number of benzene rings is 1. The number of halogens is 1. The first-order chi connectivity index (χ1) is 9.26. The maximum Gasteiger partial charge on any atom is 0.191 e. The number of ether oxygens (including phenoxy) is 1. The van der Waals surface area contributed by atoms with Gasteiger partial charge >= 0.3 is 0 Å². The minimum Gasteiger partial charge on any atom is -0.383 e. The number of methoxy groups -OCH3 is 1. The molecular weight excluding hydrogens is 365 g/mol. The van der Waals surface area contributed by atoms with Crippen molar-refractivity contribution in [2.24, 2.45) is 4.99 Å². The Morgan fingerprint density at radius 3 is 2.60 bits per heavy atom. The van der Waals surface area contributed by atoms with Gasteiger partial charge in [0.2, 0.25) is 0 Å². The number of rotatable bonds is 7. The van der Waals surface area contributed by atoms with Gasteiger partial charge in [0.15, 0.2) is 5.96 Å². The second-order valence-corrected chi connectivity index (χ2v) is 4.59. The largest absolute Gasteiger partial charge is 0.383 e. The fourth-order valence-electron chi connectivity index (χ4n) is 1.86.